The summed E-state index contributed by atoms with van der Waals surface area (Å²) in [6.07, 6.45) is 3.22. The second-order valence-corrected chi connectivity index (χ2v) is 6.10. The van der Waals surface area contributed by atoms with Gasteiger partial charge >= 0.3 is 5.97 Å². The van der Waals surface area contributed by atoms with Crippen LogP contribution in [0.15, 0.2) is 60.8 Å². The molecule has 134 valence electrons. The molecule has 2 aromatic carbocycles. The predicted molar refractivity (Wildman–Crippen MR) is 97.3 cm³/mol. The Morgan fingerprint density at radius 1 is 1.08 bits per heavy atom. The highest BCUT2D eigenvalue weighted by Crippen LogP contribution is 2.16. The molecule has 0 bridgehead atoms. The van der Waals surface area contributed by atoms with Gasteiger partial charge in [-0.3, -0.25) is 4.68 Å². The fraction of sp³-hybridized carbons (Fsp3) is 0.238. The van der Waals surface area contributed by atoms with E-state index in [1.54, 1.807) is 18.3 Å². The van der Waals surface area contributed by atoms with Gasteiger partial charge in [0.1, 0.15) is 18.0 Å². The summed E-state index contributed by atoms with van der Waals surface area (Å²) < 4.78 is 20.2. The van der Waals surface area contributed by atoms with E-state index in [1.807, 2.05) is 35.0 Å². The topological polar surface area (TPSA) is 44.1 Å². The Bertz CT molecular complexity index is 857. The molecule has 0 fully saturated rings. The lowest BCUT2D eigenvalue weighted by Crippen LogP contribution is -2.11. The number of benzene rings is 2. The highest BCUT2D eigenvalue weighted by Gasteiger charge is 2.18. The second kappa shape index (κ2) is 8.43. The van der Waals surface area contributed by atoms with Gasteiger partial charge in [-0.15, -0.1) is 0 Å². The van der Waals surface area contributed by atoms with Crippen molar-refractivity contribution in [2.24, 2.45) is 0 Å². The number of nitrogens with zero attached hydrogens (tertiary/aromatic N) is 2. The van der Waals surface area contributed by atoms with Crippen LogP contribution < -0.4 is 0 Å². The number of hydrogen-bond acceptors (Lipinski definition) is 3. The summed E-state index contributed by atoms with van der Waals surface area (Å²) in [5.41, 5.74) is 3.23. The van der Waals surface area contributed by atoms with Gasteiger partial charge in [0, 0.05) is 0 Å². The number of esters is 1. The van der Waals surface area contributed by atoms with Gasteiger partial charge < -0.3 is 4.74 Å². The van der Waals surface area contributed by atoms with E-state index in [1.165, 1.54) is 12.1 Å². The van der Waals surface area contributed by atoms with Crippen LogP contribution in [0.3, 0.4) is 0 Å². The van der Waals surface area contributed by atoms with Crippen LogP contribution in [0.1, 0.15) is 40.5 Å². The first kappa shape index (κ1) is 17.9. The first-order chi connectivity index (χ1) is 12.7. The molecular formula is C21H21FN2O2. The highest BCUT2D eigenvalue weighted by atomic mass is 19.1. The molecule has 5 heteroatoms. The molecule has 0 aliphatic rings. The summed E-state index contributed by atoms with van der Waals surface area (Å²) in [7, 11) is 0. The summed E-state index contributed by atoms with van der Waals surface area (Å²) >= 11 is 0. The smallest absolute Gasteiger partial charge is 0.341 e. The van der Waals surface area contributed by atoms with Crippen molar-refractivity contribution in [3.63, 3.8) is 0 Å². The largest absolute Gasteiger partial charge is 0.457 e. The summed E-state index contributed by atoms with van der Waals surface area (Å²) in [6, 6.07) is 15.9. The highest BCUT2D eigenvalue weighted by molar-refractivity contribution is 5.90. The van der Waals surface area contributed by atoms with Crippen molar-refractivity contribution in [1.82, 2.24) is 9.78 Å². The van der Waals surface area contributed by atoms with E-state index < -0.39 is 5.97 Å². The average Bonchev–Trinajstić information content (AvgIpc) is 3.05. The van der Waals surface area contributed by atoms with E-state index in [0.717, 1.165) is 29.7 Å². The van der Waals surface area contributed by atoms with Crippen molar-refractivity contribution in [3.05, 3.63) is 89.0 Å². The van der Waals surface area contributed by atoms with Crippen LogP contribution in [0.5, 0.6) is 0 Å². The van der Waals surface area contributed by atoms with Gasteiger partial charge in [0.2, 0.25) is 0 Å². The minimum atomic E-state index is -0.405. The summed E-state index contributed by atoms with van der Waals surface area (Å²) in [5.74, 6) is -0.718. The molecule has 0 amide bonds. The zero-order valence-electron chi connectivity index (χ0n) is 14.7. The molecule has 1 aromatic heterocycles. The zero-order valence-corrected chi connectivity index (χ0v) is 14.7. The Kier molecular flexibility index (Phi) is 5.79. The Morgan fingerprint density at radius 2 is 1.81 bits per heavy atom. The van der Waals surface area contributed by atoms with Gasteiger partial charge in [0.15, 0.2) is 0 Å². The molecule has 0 aliphatic heterocycles. The van der Waals surface area contributed by atoms with E-state index in [0.29, 0.717) is 12.1 Å². The fourth-order valence-electron chi connectivity index (χ4n) is 2.78. The maximum atomic E-state index is 13.0. The summed E-state index contributed by atoms with van der Waals surface area (Å²) in [4.78, 5) is 12.5. The maximum absolute atomic E-state index is 13.0. The SMILES string of the molecule is CCCc1c(C(=O)OCc2ccc(F)cc2)cnn1Cc1ccccc1. The lowest BCUT2D eigenvalue weighted by Gasteiger charge is -2.09. The predicted octanol–water partition coefficient (Wildman–Crippen LogP) is 4.38. The zero-order chi connectivity index (χ0) is 18.4. The van der Waals surface area contributed by atoms with Gasteiger partial charge in [-0.25, -0.2) is 9.18 Å². The third-order valence-electron chi connectivity index (χ3n) is 4.11. The van der Waals surface area contributed by atoms with Crippen LogP contribution in [0, 0.1) is 5.82 Å². The molecule has 0 aliphatic carbocycles. The molecule has 0 saturated carbocycles. The molecule has 3 rings (SSSR count). The number of ether oxygens (including phenoxy) is 1. The fourth-order valence-corrected chi connectivity index (χ4v) is 2.78. The van der Waals surface area contributed by atoms with Crippen molar-refractivity contribution in [2.75, 3.05) is 0 Å². The number of halogens is 1. The molecular weight excluding hydrogens is 331 g/mol. The van der Waals surface area contributed by atoms with Crippen LogP contribution in [0.2, 0.25) is 0 Å². The normalized spacial score (nSPS) is 10.7. The molecule has 26 heavy (non-hydrogen) atoms. The lowest BCUT2D eigenvalue weighted by atomic mass is 10.1. The van der Waals surface area contributed by atoms with E-state index in [2.05, 4.69) is 12.0 Å². The average molecular weight is 352 g/mol. The maximum Gasteiger partial charge on any atom is 0.341 e. The standard InChI is InChI=1S/C21H21FN2O2/c1-2-6-20-19(13-23-24(20)14-16-7-4-3-5-8-16)21(25)26-15-17-9-11-18(22)12-10-17/h3-5,7-13H,2,6,14-15H2,1H3. The minimum Gasteiger partial charge on any atom is -0.457 e. The molecule has 0 saturated heterocycles. The second-order valence-electron chi connectivity index (χ2n) is 6.10. The van der Waals surface area contributed by atoms with Crippen LogP contribution in [-0.2, 0) is 24.3 Å². The molecule has 0 atom stereocenters. The van der Waals surface area contributed by atoms with Crippen molar-refractivity contribution in [2.45, 2.75) is 32.9 Å². The molecule has 4 nitrogen and oxygen atoms in total. The summed E-state index contributed by atoms with van der Waals surface area (Å²) in [5, 5.41) is 4.38. The van der Waals surface area contributed by atoms with Gasteiger partial charge in [-0.05, 0) is 29.7 Å². The monoisotopic (exact) mass is 352 g/mol. The third kappa shape index (κ3) is 4.36. The number of aromatic nitrogens is 2. The number of hydrogen-bond donors (Lipinski definition) is 0. The molecule has 3 aromatic rings. The number of carbonyl (C=O) groups is 1. The van der Waals surface area contributed by atoms with E-state index in [4.69, 9.17) is 4.74 Å². The Morgan fingerprint density at radius 3 is 2.50 bits per heavy atom. The van der Waals surface area contributed by atoms with Crippen LogP contribution in [0.4, 0.5) is 4.39 Å². The molecule has 0 spiro atoms. The first-order valence-electron chi connectivity index (χ1n) is 8.67. The van der Waals surface area contributed by atoms with E-state index in [-0.39, 0.29) is 12.4 Å². The molecule has 0 unspecified atom stereocenters. The van der Waals surface area contributed by atoms with Crippen LogP contribution >= 0.6 is 0 Å². The lowest BCUT2D eigenvalue weighted by molar-refractivity contribution is 0.0471. The minimum absolute atomic E-state index is 0.106. The Balaban J connectivity index is 1.73. The quantitative estimate of drug-likeness (QED) is 0.593. The van der Waals surface area contributed by atoms with Crippen molar-refractivity contribution >= 4 is 5.97 Å². The van der Waals surface area contributed by atoms with E-state index >= 15 is 0 Å². The summed E-state index contributed by atoms with van der Waals surface area (Å²) in [6.45, 7) is 2.78. The Hall–Kier alpha value is -2.95. The van der Waals surface area contributed by atoms with E-state index in [9.17, 15) is 9.18 Å². The van der Waals surface area contributed by atoms with Crippen molar-refractivity contribution < 1.29 is 13.9 Å². The molecule has 0 N–H and O–H groups in total. The van der Waals surface area contributed by atoms with Gasteiger partial charge in [-0.2, -0.15) is 5.10 Å². The molecule has 0 radical (unpaired) electrons. The van der Waals surface area contributed by atoms with Gasteiger partial charge in [-0.1, -0.05) is 55.8 Å². The van der Waals surface area contributed by atoms with Crippen LogP contribution in [0.25, 0.3) is 0 Å². The third-order valence-corrected chi connectivity index (χ3v) is 4.11. The van der Waals surface area contributed by atoms with Gasteiger partial charge in [0.05, 0.1) is 18.4 Å². The van der Waals surface area contributed by atoms with Crippen molar-refractivity contribution in [1.29, 1.82) is 0 Å². The Labute approximate surface area is 152 Å². The number of rotatable bonds is 7. The van der Waals surface area contributed by atoms with Crippen molar-refractivity contribution in [3.8, 4) is 0 Å². The van der Waals surface area contributed by atoms with Gasteiger partial charge in [0.25, 0.3) is 0 Å². The first-order valence-corrected chi connectivity index (χ1v) is 8.67. The van der Waals surface area contributed by atoms with Crippen LogP contribution in [-0.4, -0.2) is 15.7 Å². The number of carbonyl (C=O) groups excluding carboxylic acids is 1. The molecule has 1 heterocycles.